The molecule has 1 aliphatic heterocycles. The molecule has 0 unspecified atom stereocenters. The highest BCUT2D eigenvalue weighted by atomic mass is 32.1. The molecule has 4 rings (SSSR count). The van der Waals surface area contributed by atoms with Crippen molar-refractivity contribution in [1.29, 1.82) is 0 Å². The summed E-state index contributed by atoms with van der Waals surface area (Å²) in [6, 6.07) is 11.6. The smallest absolute Gasteiger partial charge is 0.350 e. The minimum atomic E-state index is -0.938. The Balaban J connectivity index is 1.84. The van der Waals surface area contributed by atoms with Crippen molar-refractivity contribution in [1.82, 2.24) is 4.98 Å². The van der Waals surface area contributed by atoms with Gasteiger partial charge in [-0.15, -0.1) is 0 Å². The van der Waals surface area contributed by atoms with Crippen LogP contribution >= 0.6 is 11.3 Å². The maximum Gasteiger partial charge on any atom is 0.350 e. The molecule has 8 nitrogen and oxygen atoms in total. The van der Waals surface area contributed by atoms with Crippen molar-refractivity contribution < 1.29 is 29.0 Å². The number of aryl methyl sites for hydroxylation is 3. The van der Waals surface area contributed by atoms with Crippen molar-refractivity contribution in [2.45, 2.75) is 46.6 Å². The van der Waals surface area contributed by atoms with Crippen LogP contribution in [0.1, 0.15) is 63.4 Å². The predicted molar refractivity (Wildman–Crippen MR) is 146 cm³/mol. The molecule has 0 aliphatic carbocycles. The number of hydrogen-bond acceptors (Lipinski definition) is 8. The van der Waals surface area contributed by atoms with E-state index in [2.05, 4.69) is 11.9 Å². The lowest BCUT2D eigenvalue weighted by Gasteiger charge is -2.23. The molecule has 198 valence electrons. The number of nitrogens with zero attached hydrogens (tertiary/aromatic N) is 2. The van der Waals surface area contributed by atoms with Gasteiger partial charge in [0, 0.05) is 5.56 Å². The van der Waals surface area contributed by atoms with Crippen LogP contribution in [-0.2, 0) is 14.3 Å². The number of thiazole rings is 1. The molecular weight excluding hydrogens is 504 g/mol. The molecule has 0 radical (unpaired) electrons. The van der Waals surface area contributed by atoms with Crippen LogP contribution in [0.5, 0.6) is 5.75 Å². The normalized spacial score (nSPS) is 16.7. The molecule has 1 aliphatic rings. The molecule has 2 aromatic carbocycles. The summed E-state index contributed by atoms with van der Waals surface area (Å²) >= 11 is 0.967. The highest BCUT2D eigenvalue weighted by Crippen LogP contribution is 2.44. The van der Waals surface area contributed by atoms with Crippen LogP contribution in [0.2, 0.25) is 0 Å². The molecule has 0 spiro atoms. The zero-order valence-electron chi connectivity index (χ0n) is 22.0. The molecule has 3 aromatic rings. The quantitative estimate of drug-likeness (QED) is 0.131. The van der Waals surface area contributed by atoms with Crippen molar-refractivity contribution in [3.63, 3.8) is 0 Å². The predicted octanol–water partition coefficient (Wildman–Crippen LogP) is 5.66. The van der Waals surface area contributed by atoms with E-state index in [0.29, 0.717) is 29.2 Å². The number of benzene rings is 2. The monoisotopic (exact) mass is 534 g/mol. The number of aromatic nitrogens is 1. The fraction of sp³-hybridized carbons (Fsp3) is 0.310. The van der Waals surface area contributed by atoms with Gasteiger partial charge in [0.25, 0.3) is 5.78 Å². The van der Waals surface area contributed by atoms with E-state index < -0.39 is 23.7 Å². The summed E-state index contributed by atoms with van der Waals surface area (Å²) < 4.78 is 10.7. The van der Waals surface area contributed by atoms with E-state index >= 15 is 0 Å². The molecular formula is C29H30N2O6S. The average Bonchev–Trinajstić information content (AvgIpc) is 3.41. The Labute approximate surface area is 225 Å². The minimum absolute atomic E-state index is 0.0506. The van der Waals surface area contributed by atoms with Gasteiger partial charge in [-0.25, -0.2) is 9.78 Å². The van der Waals surface area contributed by atoms with Gasteiger partial charge in [-0.05, 0) is 56.5 Å². The summed E-state index contributed by atoms with van der Waals surface area (Å²) in [4.78, 5) is 44.9. The van der Waals surface area contributed by atoms with Crippen LogP contribution in [0.4, 0.5) is 5.13 Å². The van der Waals surface area contributed by atoms with Crippen molar-refractivity contribution in [2.24, 2.45) is 0 Å². The highest BCUT2D eigenvalue weighted by Gasteiger charge is 2.48. The largest absolute Gasteiger partial charge is 0.507 e. The van der Waals surface area contributed by atoms with Crippen LogP contribution in [0.25, 0.3) is 5.76 Å². The summed E-state index contributed by atoms with van der Waals surface area (Å²) in [6.07, 6.45) is 1.94. The number of anilines is 1. The Hall–Kier alpha value is -3.98. The van der Waals surface area contributed by atoms with E-state index in [1.165, 1.54) is 12.0 Å². The van der Waals surface area contributed by atoms with E-state index in [1.54, 1.807) is 25.1 Å². The van der Waals surface area contributed by atoms with Crippen molar-refractivity contribution in [2.75, 3.05) is 18.6 Å². The first-order chi connectivity index (χ1) is 18.2. The molecule has 2 heterocycles. The summed E-state index contributed by atoms with van der Waals surface area (Å²) in [5, 5.41) is 11.6. The van der Waals surface area contributed by atoms with Crippen molar-refractivity contribution >= 4 is 39.9 Å². The molecule has 1 N–H and O–H groups in total. The molecule has 0 saturated carbocycles. The number of Topliss-reactive ketones (excluding diaryl/α,β-unsaturated/α-hetero) is 1. The Kier molecular flexibility index (Phi) is 7.97. The third kappa shape index (κ3) is 5.06. The topological polar surface area (TPSA) is 106 Å². The second kappa shape index (κ2) is 11.2. The van der Waals surface area contributed by atoms with E-state index in [9.17, 15) is 19.5 Å². The lowest BCUT2D eigenvalue weighted by molar-refractivity contribution is -0.132. The number of carbonyl (C=O) groups excluding carboxylic acids is 3. The fourth-order valence-electron chi connectivity index (χ4n) is 4.30. The number of esters is 1. The molecule has 9 heteroatoms. The number of unbranched alkanes of at least 4 members (excludes halogenated alkanes) is 1. The van der Waals surface area contributed by atoms with Crippen LogP contribution < -0.4 is 9.64 Å². The molecule has 1 aromatic heterocycles. The van der Waals surface area contributed by atoms with Crippen LogP contribution in [0.15, 0.2) is 48.0 Å². The first-order valence-corrected chi connectivity index (χ1v) is 13.2. The number of ether oxygens (including phenoxy) is 2. The van der Waals surface area contributed by atoms with Crippen LogP contribution in [0, 0.1) is 20.8 Å². The number of methoxy groups -OCH3 is 1. The molecule has 1 atom stereocenters. The number of amides is 1. The summed E-state index contributed by atoms with van der Waals surface area (Å²) in [5.74, 6) is -1.84. The second-order valence-corrected chi connectivity index (χ2v) is 10.1. The van der Waals surface area contributed by atoms with E-state index in [1.807, 2.05) is 38.1 Å². The number of aliphatic hydroxyl groups excluding tert-OH is 1. The Morgan fingerprint density at radius 3 is 2.45 bits per heavy atom. The highest BCUT2D eigenvalue weighted by molar-refractivity contribution is 7.17. The lowest BCUT2D eigenvalue weighted by Crippen LogP contribution is -2.29. The first kappa shape index (κ1) is 27.1. The molecule has 38 heavy (non-hydrogen) atoms. The van der Waals surface area contributed by atoms with Gasteiger partial charge in [0.2, 0.25) is 0 Å². The first-order valence-electron chi connectivity index (χ1n) is 12.3. The van der Waals surface area contributed by atoms with Gasteiger partial charge in [-0.3, -0.25) is 14.5 Å². The number of rotatable bonds is 8. The maximum atomic E-state index is 13.4. The SMILES string of the molecule is CCCCOc1ccc(/C(O)=C2\C(=O)C(=O)N(c3nc(C)c(C(=O)OC)s3)[C@H]2c2ccc(C)cc2)cc1C. The minimum Gasteiger partial charge on any atom is -0.507 e. The standard InChI is InChI=1S/C29H30N2O6S/c1-6-7-14-37-21-13-12-20(15-17(21)3)24(32)22-23(19-10-8-16(2)9-11-19)31(27(34)25(22)33)29-30-18(4)26(38-29)28(35)36-5/h8-13,15,23,32H,6-7,14H2,1-5H3/b24-22+/t23-/m0/s1. The van der Waals surface area contributed by atoms with Gasteiger partial charge in [-0.1, -0.05) is 54.5 Å². The van der Waals surface area contributed by atoms with E-state index in [0.717, 1.165) is 35.3 Å². The van der Waals surface area contributed by atoms with Crippen LogP contribution in [0.3, 0.4) is 0 Å². The number of ketones is 1. The molecule has 1 amide bonds. The number of hydrogen-bond donors (Lipinski definition) is 1. The number of carbonyl (C=O) groups is 3. The van der Waals surface area contributed by atoms with Crippen LogP contribution in [-0.4, -0.2) is 41.5 Å². The third-order valence-electron chi connectivity index (χ3n) is 6.40. The van der Waals surface area contributed by atoms with Gasteiger partial charge in [0.1, 0.15) is 16.4 Å². The fourth-order valence-corrected chi connectivity index (χ4v) is 5.31. The third-order valence-corrected chi connectivity index (χ3v) is 7.54. The maximum absolute atomic E-state index is 13.4. The Morgan fingerprint density at radius 2 is 1.82 bits per heavy atom. The van der Waals surface area contributed by atoms with Gasteiger partial charge >= 0.3 is 11.9 Å². The summed E-state index contributed by atoms with van der Waals surface area (Å²) in [6.45, 7) is 8.10. The number of aliphatic hydroxyl groups is 1. The lowest BCUT2D eigenvalue weighted by atomic mass is 9.94. The van der Waals surface area contributed by atoms with Crippen molar-refractivity contribution in [3.8, 4) is 5.75 Å². The second-order valence-electron chi connectivity index (χ2n) is 9.16. The van der Waals surface area contributed by atoms with Gasteiger partial charge < -0.3 is 14.6 Å². The molecule has 1 saturated heterocycles. The Bertz CT molecular complexity index is 1420. The van der Waals surface area contributed by atoms with Gasteiger partial charge in [-0.2, -0.15) is 0 Å². The Morgan fingerprint density at radius 1 is 1.11 bits per heavy atom. The van der Waals surface area contributed by atoms with Gasteiger partial charge in [0.05, 0.1) is 31.0 Å². The van der Waals surface area contributed by atoms with Crippen molar-refractivity contribution in [3.05, 3.63) is 80.9 Å². The average molecular weight is 535 g/mol. The van der Waals surface area contributed by atoms with E-state index in [4.69, 9.17) is 9.47 Å². The van der Waals surface area contributed by atoms with Gasteiger partial charge in [0.15, 0.2) is 5.13 Å². The van der Waals surface area contributed by atoms with E-state index in [-0.39, 0.29) is 21.3 Å². The summed E-state index contributed by atoms with van der Waals surface area (Å²) in [7, 11) is 1.27. The zero-order chi connectivity index (χ0) is 27.6. The molecule has 0 bridgehead atoms. The molecule has 1 fully saturated rings. The summed E-state index contributed by atoms with van der Waals surface area (Å²) in [5.41, 5.74) is 3.15. The zero-order valence-corrected chi connectivity index (χ0v) is 22.8.